The standard InChI is InChI=1S/C13H20N4O3S/c1-20-9-12(19)15-10-2-5-17(6-3-10)8-11(18)16-13-14-4-7-21-13/h4,7,10H,2-3,5-6,8-9H2,1H3,(H,15,19)(H,14,16,18). The maximum absolute atomic E-state index is 11.9. The summed E-state index contributed by atoms with van der Waals surface area (Å²) in [6, 6.07) is 0.172. The number of carbonyl (C=O) groups is 2. The third-order valence-corrected chi connectivity index (χ3v) is 3.96. The largest absolute Gasteiger partial charge is 0.375 e. The van der Waals surface area contributed by atoms with E-state index < -0.39 is 0 Å². The van der Waals surface area contributed by atoms with Crippen LogP contribution in [0.3, 0.4) is 0 Å². The molecule has 0 aromatic carbocycles. The van der Waals surface area contributed by atoms with E-state index in [1.165, 1.54) is 18.4 Å². The lowest BCUT2D eigenvalue weighted by Gasteiger charge is -2.31. The number of carbonyl (C=O) groups excluding carboxylic acids is 2. The molecule has 116 valence electrons. The van der Waals surface area contributed by atoms with Crippen LogP contribution in [0.25, 0.3) is 0 Å². The Labute approximate surface area is 127 Å². The number of hydrogen-bond donors (Lipinski definition) is 2. The second kappa shape index (κ2) is 8.06. The average Bonchev–Trinajstić information content (AvgIpc) is 2.94. The van der Waals surface area contributed by atoms with Gasteiger partial charge in [-0.15, -0.1) is 11.3 Å². The zero-order chi connectivity index (χ0) is 15.1. The van der Waals surface area contributed by atoms with Gasteiger partial charge in [0.1, 0.15) is 6.61 Å². The van der Waals surface area contributed by atoms with E-state index in [1.54, 1.807) is 6.20 Å². The van der Waals surface area contributed by atoms with E-state index in [4.69, 9.17) is 4.74 Å². The third kappa shape index (κ3) is 5.41. The third-order valence-electron chi connectivity index (χ3n) is 3.27. The van der Waals surface area contributed by atoms with Crippen LogP contribution in [0.2, 0.25) is 0 Å². The molecule has 1 saturated heterocycles. The van der Waals surface area contributed by atoms with Gasteiger partial charge in [-0.3, -0.25) is 14.5 Å². The van der Waals surface area contributed by atoms with Crippen molar-refractivity contribution in [2.24, 2.45) is 0 Å². The molecule has 2 amide bonds. The Morgan fingerprint density at radius 1 is 1.43 bits per heavy atom. The molecule has 0 unspecified atom stereocenters. The van der Waals surface area contributed by atoms with E-state index in [1.807, 2.05) is 5.38 Å². The van der Waals surface area contributed by atoms with Crippen LogP contribution in [0.1, 0.15) is 12.8 Å². The smallest absolute Gasteiger partial charge is 0.246 e. The van der Waals surface area contributed by atoms with E-state index in [0.717, 1.165) is 25.9 Å². The zero-order valence-corrected chi connectivity index (χ0v) is 12.8. The number of hydrogen-bond acceptors (Lipinski definition) is 6. The highest BCUT2D eigenvalue weighted by atomic mass is 32.1. The molecule has 21 heavy (non-hydrogen) atoms. The lowest BCUT2D eigenvalue weighted by molar-refractivity contribution is -0.126. The molecule has 1 aliphatic rings. The van der Waals surface area contributed by atoms with Gasteiger partial charge in [-0.2, -0.15) is 0 Å². The maximum Gasteiger partial charge on any atom is 0.246 e. The Morgan fingerprint density at radius 2 is 2.19 bits per heavy atom. The molecule has 1 aromatic heterocycles. The van der Waals surface area contributed by atoms with E-state index in [-0.39, 0.29) is 24.5 Å². The van der Waals surface area contributed by atoms with Crippen molar-refractivity contribution in [3.63, 3.8) is 0 Å². The van der Waals surface area contributed by atoms with Gasteiger partial charge >= 0.3 is 0 Å². The van der Waals surface area contributed by atoms with Crippen LogP contribution in [0.15, 0.2) is 11.6 Å². The molecule has 2 N–H and O–H groups in total. The van der Waals surface area contributed by atoms with Gasteiger partial charge in [-0.05, 0) is 12.8 Å². The zero-order valence-electron chi connectivity index (χ0n) is 12.0. The van der Waals surface area contributed by atoms with Gasteiger partial charge in [0.15, 0.2) is 5.13 Å². The average molecular weight is 312 g/mol. The fourth-order valence-corrected chi connectivity index (χ4v) is 2.83. The molecule has 0 atom stereocenters. The number of ether oxygens (including phenoxy) is 1. The fraction of sp³-hybridized carbons (Fsp3) is 0.615. The molecule has 0 bridgehead atoms. The summed E-state index contributed by atoms with van der Waals surface area (Å²) in [7, 11) is 1.50. The van der Waals surface area contributed by atoms with E-state index in [2.05, 4.69) is 20.5 Å². The molecule has 8 heteroatoms. The second-order valence-electron chi connectivity index (χ2n) is 4.94. The summed E-state index contributed by atoms with van der Waals surface area (Å²) in [5.74, 6) is -0.135. The number of rotatable bonds is 6. The van der Waals surface area contributed by atoms with Crippen LogP contribution in [0, 0.1) is 0 Å². The predicted molar refractivity (Wildman–Crippen MR) is 80.2 cm³/mol. The Bertz CT molecular complexity index is 458. The minimum Gasteiger partial charge on any atom is -0.375 e. The summed E-state index contributed by atoms with van der Waals surface area (Å²) >= 11 is 1.40. The minimum absolute atomic E-state index is 0.0492. The number of piperidine rings is 1. The fourth-order valence-electron chi connectivity index (χ4n) is 2.28. The number of methoxy groups -OCH3 is 1. The number of nitrogens with zero attached hydrogens (tertiary/aromatic N) is 2. The summed E-state index contributed by atoms with van der Waals surface area (Å²) in [4.78, 5) is 29.4. The van der Waals surface area contributed by atoms with Crippen LogP contribution < -0.4 is 10.6 Å². The van der Waals surface area contributed by atoms with Gasteiger partial charge in [-0.25, -0.2) is 4.98 Å². The Balaban J connectivity index is 1.66. The van der Waals surface area contributed by atoms with Gasteiger partial charge < -0.3 is 15.4 Å². The molecule has 0 aliphatic carbocycles. The molecule has 7 nitrogen and oxygen atoms in total. The molecule has 2 rings (SSSR count). The van der Waals surface area contributed by atoms with Crippen LogP contribution in [0.4, 0.5) is 5.13 Å². The number of aromatic nitrogens is 1. The van der Waals surface area contributed by atoms with Crippen molar-refractivity contribution < 1.29 is 14.3 Å². The minimum atomic E-state index is -0.0857. The van der Waals surface area contributed by atoms with Gasteiger partial charge in [-0.1, -0.05) is 0 Å². The highest BCUT2D eigenvalue weighted by Gasteiger charge is 2.22. The van der Waals surface area contributed by atoms with Crippen molar-refractivity contribution in [3.05, 3.63) is 11.6 Å². The Kier molecular flexibility index (Phi) is 6.09. The molecular formula is C13H20N4O3S. The highest BCUT2D eigenvalue weighted by Crippen LogP contribution is 2.12. The first-order valence-electron chi connectivity index (χ1n) is 6.87. The number of thiazole rings is 1. The summed E-state index contributed by atoms with van der Waals surface area (Å²) in [6.07, 6.45) is 3.36. The monoisotopic (exact) mass is 312 g/mol. The lowest BCUT2D eigenvalue weighted by atomic mass is 10.1. The molecule has 1 aliphatic heterocycles. The number of amides is 2. The van der Waals surface area contributed by atoms with E-state index in [9.17, 15) is 9.59 Å². The molecule has 1 fully saturated rings. The number of likely N-dealkylation sites (tertiary alicyclic amines) is 1. The lowest BCUT2D eigenvalue weighted by Crippen LogP contribution is -2.47. The normalized spacial score (nSPS) is 16.6. The van der Waals surface area contributed by atoms with E-state index >= 15 is 0 Å². The summed E-state index contributed by atoms with van der Waals surface area (Å²) in [5.41, 5.74) is 0. The number of anilines is 1. The van der Waals surface area contributed by atoms with Gasteiger partial charge in [0, 0.05) is 37.8 Å². The van der Waals surface area contributed by atoms with Crippen molar-refractivity contribution in [1.82, 2.24) is 15.2 Å². The van der Waals surface area contributed by atoms with Crippen molar-refractivity contribution >= 4 is 28.3 Å². The topological polar surface area (TPSA) is 83.6 Å². The Hall–Kier alpha value is -1.51. The van der Waals surface area contributed by atoms with Crippen molar-refractivity contribution in [1.29, 1.82) is 0 Å². The number of nitrogens with one attached hydrogen (secondary N) is 2. The van der Waals surface area contributed by atoms with Crippen molar-refractivity contribution in [2.75, 3.05) is 38.7 Å². The van der Waals surface area contributed by atoms with Crippen LogP contribution in [-0.2, 0) is 14.3 Å². The first-order chi connectivity index (χ1) is 10.2. The van der Waals surface area contributed by atoms with Gasteiger partial charge in [0.05, 0.1) is 6.54 Å². The van der Waals surface area contributed by atoms with E-state index in [0.29, 0.717) is 11.7 Å². The van der Waals surface area contributed by atoms with Crippen molar-refractivity contribution in [3.8, 4) is 0 Å². The first kappa shape index (κ1) is 15.9. The summed E-state index contributed by atoms with van der Waals surface area (Å²) in [6.45, 7) is 2.04. The molecule has 0 spiro atoms. The SMILES string of the molecule is COCC(=O)NC1CCN(CC(=O)Nc2nccs2)CC1. The summed E-state index contributed by atoms with van der Waals surface area (Å²) < 4.78 is 4.79. The summed E-state index contributed by atoms with van der Waals surface area (Å²) in [5, 5.41) is 8.15. The predicted octanol–water partition coefficient (Wildman–Crippen LogP) is 0.309. The van der Waals surface area contributed by atoms with Crippen LogP contribution in [0.5, 0.6) is 0 Å². The van der Waals surface area contributed by atoms with Crippen LogP contribution in [-0.4, -0.2) is 61.1 Å². The van der Waals surface area contributed by atoms with Gasteiger partial charge in [0.25, 0.3) is 0 Å². The Morgan fingerprint density at radius 3 is 2.81 bits per heavy atom. The second-order valence-corrected chi connectivity index (χ2v) is 5.83. The molecule has 1 aromatic rings. The highest BCUT2D eigenvalue weighted by molar-refractivity contribution is 7.13. The quantitative estimate of drug-likeness (QED) is 0.790. The maximum atomic E-state index is 11.9. The molecule has 2 heterocycles. The van der Waals surface area contributed by atoms with Crippen molar-refractivity contribution in [2.45, 2.75) is 18.9 Å². The first-order valence-corrected chi connectivity index (χ1v) is 7.75. The molecular weight excluding hydrogens is 292 g/mol. The molecule has 0 radical (unpaired) electrons. The molecule has 0 saturated carbocycles. The van der Waals surface area contributed by atoms with Gasteiger partial charge in [0.2, 0.25) is 11.8 Å². The van der Waals surface area contributed by atoms with Crippen LogP contribution >= 0.6 is 11.3 Å².